The number of nitrogens with zero attached hydrogens (tertiary/aromatic N) is 2. The molecule has 1 saturated heterocycles. The zero-order chi connectivity index (χ0) is 20.6. The fraction of sp³-hybridized carbons (Fsp3) is 0.320. The molecule has 2 aliphatic rings. The molecule has 1 atom stereocenters. The molecular formula is C25H29N3O. The average molecular weight is 388 g/mol. The molecule has 2 aromatic carbocycles. The number of anilines is 2. The Morgan fingerprint density at radius 2 is 1.76 bits per heavy atom. The van der Waals surface area contributed by atoms with Crippen molar-refractivity contribution in [2.45, 2.75) is 31.3 Å². The summed E-state index contributed by atoms with van der Waals surface area (Å²) in [6.07, 6.45) is 8.88. The van der Waals surface area contributed by atoms with Gasteiger partial charge in [-0.2, -0.15) is 0 Å². The lowest BCUT2D eigenvalue weighted by Crippen LogP contribution is -2.68. The molecule has 1 amide bonds. The van der Waals surface area contributed by atoms with Crippen LogP contribution in [0.5, 0.6) is 0 Å². The van der Waals surface area contributed by atoms with E-state index in [2.05, 4.69) is 102 Å². The van der Waals surface area contributed by atoms with Crippen molar-refractivity contribution in [3.8, 4) is 0 Å². The fourth-order valence-corrected chi connectivity index (χ4v) is 4.56. The van der Waals surface area contributed by atoms with E-state index in [-0.39, 0.29) is 11.3 Å². The summed E-state index contributed by atoms with van der Waals surface area (Å²) in [6, 6.07) is 16.9. The molecule has 0 aromatic heterocycles. The van der Waals surface area contributed by atoms with Crippen molar-refractivity contribution in [1.29, 1.82) is 0 Å². The zero-order valence-corrected chi connectivity index (χ0v) is 17.6. The van der Waals surface area contributed by atoms with Gasteiger partial charge in [0.25, 0.3) is 0 Å². The lowest BCUT2D eigenvalue weighted by atomic mass is 9.74. The van der Waals surface area contributed by atoms with Gasteiger partial charge in [0.15, 0.2) is 0 Å². The molecular weight excluding hydrogens is 358 g/mol. The third kappa shape index (κ3) is 3.13. The Bertz CT molecular complexity index is 972. The van der Waals surface area contributed by atoms with Crippen molar-refractivity contribution >= 4 is 23.4 Å². The van der Waals surface area contributed by atoms with Crippen LogP contribution in [0.4, 0.5) is 11.4 Å². The van der Waals surface area contributed by atoms with Crippen LogP contribution < -0.4 is 15.1 Å². The van der Waals surface area contributed by atoms with E-state index >= 15 is 0 Å². The number of benzene rings is 2. The maximum Gasteiger partial charge on any atom is 0.223 e. The first kappa shape index (κ1) is 19.3. The maximum absolute atomic E-state index is 12.4. The van der Waals surface area contributed by atoms with Crippen LogP contribution in [0.3, 0.4) is 0 Å². The van der Waals surface area contributed by atoms with Gasteiger partial charge in [-0.25, -0.2) is 0 Å². The topological polar surface area (TPSA) is 35.6 Å². The Balaban J connectivity index is 1.63. The highest BCUT2D eigenvalue weighted by Gasteiger charge is 2.57. The first-order chi connectivity index (χ1) is 13.8. The Kier molecular flexibility index (Phi) is 4.73. The van der Waals surface area contributed by atoms with E-state index in [0.29, 0.717) is 6.42 Å². The van der Waals surface area contributed by atoms with Crippen molar-refractivity contribution in [3.05, 3.63) is 77.9 Å². The number of rotatable bonds is 4. The Labute approximate surface area is 173 Å². The predicted octanol–water partition coefficient (Wildman–Crippen LogP) is 4.34. The summed E-state index contributed by atoms with van der Waals surface area (Å²) in [5, 5.41) is 3.31. The van der Waals surface area contributed by atoms with Crippen molar-refractivity contribution in [3.63, 3.8) is 0 Å². The van der Waals surface area contributed by atoms with Crippen LogP contribution in [0, 0.1) is 0 Å². The molecule has 1 fully saturated rings. The van der Waals surface area contributed by atoms with Crippen LogP contribution in [0.15, 0.2) is 66.8 Å². The first-order valence-corrected chi connectivity index (χ1v) is 10.2. The molecule has 29 heavy (non-hydrogen) atoms. The highest BCUT2D eigenvalue weighted by Crippen LogP contribution is 2.52. The molecule has 150 valence electrons. The second kappa shape index (κ2) is 7.11. The van der Waals surface area contributed by atoms with E-state index in [1.165, 1.54) is 16.9 Å². The van der Waals surface area contributed by atoms with E-state index in [9.17, 15) is 4.79 Å². The number of fused-ring (bicyclic) bond motifs is 3. The number of carbonyl (C=O) groups excluding carboxylic acids is 1. The van der Waals surface area contributed by atoms with Crippen LogP contribution in [-0.4, -0.2) is 32.2 Å². The molecule has 0 saturated carbocycles. The Hall–Kier alpha value is -3.01. The molecule has 2 heterocycles. The molecule has 4 nitrogen and oxygen atoms in total. The standard InChI is InChI=1S/C25H29N3O/c1-24(2)21-10-5-6-11-22(21)28-18-16-23(29)26-25(24,28)17-8-7-9-19-12-14-20(15-13-19)27(3)4/h5-15,17H,16,18H2,1-4H3,(H,26,29). The lowest BCUT2D eigenvalue weighted by Gasteiger charge is -2.49. The van der Waals surface area contributed by atoms with Crippen molar-refractivity contribution in [2.24, 2.45) is 0 Å². The minimum atomic E-state index is -0.550. The third-order valence-electron chi connectivity index (χ3n) is 6.29. The molecule has 0 aliphatic carbocycles. The monoisotopic (exact) mass is 387 g/mol. The summed E-state index contributed by atoms with van der Waals surface area (Å²) in [5.74, 6) is 0.107. The minimum absolute atomic E-state index is 0.107. The van der Waals surface area contributed by atoms with Gasteiger partial charge in [-0.1, -0.05) is 62.4 Å². The van der Waals surface area contributed by atoms with E-state index in [0.717, 1.165) is 12.1 Å². The summed E-state index contributed by atoms with van der Waals surface area (Å²) in [4.78, 5) is 16.8. The van der Waals surface area contributed by atoms with Crippen molar-refractivity contribution in [2.75, 3.05) is 30.4 Å². The number of para-hydroxylation sites is 1. The molecule has 1 N–H and O–H groups in total. The maximum atomic E-state index is 12.4. The van der Waals surface area contributed by atoms with Gasteiger partial charge < -0.3 is 15.1 Å². The fourth-order valence-electron chi connectivity index (χ4n) is 4.56. The van der Waals surface area contributed by atoms with Gasteiger partial charge in [-0.05, 0) is 35.4 Å². The molecule has 0 radical (unpaired) electrons. The molecule has 4 heteroatoms. The van der Waals surface area contributed by atoms with Crippen LogP contribution in [-0.2, 0) is 10.2 Å². The average Bonchev–Trinajstić information content (AvgIpc) is 2.90. The zero-order valence-electron chi connectivity index (χ0n) is 17.6. The number of hydrogen-bond donors (Lipinski definition) is 1. The van der Waals surface area contributed by atoms with Crippen molar-refractivity contribution in [1.82, 2.24) is 5.32 Å². The molecule has 2 aromatic rings. The summed E-state index contributed by atoms with van der Waals surface area (Å²) >= 11 is 0. The highest BCUT2D eigenvalue weighted by molar-refractivity contribution is 5.84. The normalized spacial score (nSPS) is 22.6. The molecule has 0 bridgehead atoms. The van der Waals surface area contributed by atoms with Gasteiger partial charge in [0.1, 0.15) is 5.66 Å². The van der Waals surface area contributed by atoms with Crippen molar-refractivity contribution < 1.29 is 4.79 Å². The molecule has 2 aliphatic heterocycles. The lowest BCUT2D eigenvalue weighted by molar-refractivity contribution is -0.124. The van der Waals surface area contributed by atoms with Crippen LogP contribution in [0.25, 0.3) is 6.08 Å². The number of carbonyl (C=O) groups is 1. The van der Waals surface area contributed by atoms with Crippen LogP contribution in [0.2, 0.25) is 0 Å². The largest absolute Gasteiger partial charge is 0.378 e. The van der Waals surface area contributed by atoms with Gasteiger partial charge in [0, 0.05) is 43.9 Å². The van der Waals surface area contributed by atoms with E-state index in [4.69, 9.17) is 0 Å². The van der Waals surface area contributed by atoms with E-state index in [1.807, 2.05) is 14.1 Å². The summed E-state index contributed by atoms with van der Waals surface area (Å²) < 4.78 is 0. The van der Waals surface area contributed by atoms with Gasteiger partial charge >= 0.3 is 0 Å². The molecule has 0 spiro atoms. The second-order valence-electron chi connectivity index (χ2n) is 8.56. The Morgan fingerprint density at radius 1 is 1.03 bits per heavy atom. The van der Waals surface area contributed by atoms with E-state index in [1.54, 1.807) is 0 Å². The van der Waals surface area contributed by atoms with Gasteiger partial charge in [0.2, 0.25) is 5.91 Å². The molecule has 1 unspecified atom stereocenters. The first-order valence-electron chi connectivity index (χ1n) is 10.2. The predicted molar refractivity (Wildman–Crippen MR) is 121 cm³/mol. The Morgan fingerprint density at radius 3 is 2.48 bits per heavy atom. The van der Waals surface area contributed by atoms with Gasteiger partial charge in [-0.3, -0.25) is 4.79 Å². The number of nitrogens with one attached hydrogen (secondary N) is 1. The summed E-state index contributed by atoms with van der Waals surface area (Å²) in [6.45, 7) is 5.16. The quantitative estimate of drug-likeness (QED) is 0.793. The second-order valence-corrected chi connectivity index (χ2v) is 8.56. The third-order valence-corrected chi connectivity index (χ3v) is 6.29. The SMILES string of the molecule is CN(C)c1ccc(C=CC=CC23NC(=O)CCN2c2ccccc2C3(C)C)cc1. The minimum Gasteiger partial charge on any atom is -0.378 e. The number of amides is 1. The number of allylic oxidation sites excluding steroid dienone is 2. The summed E-state index contributed by atoms with van der Waals surface area (Å²) in [5.41, 5.74) is 4.03. The molecule has 4 rings (SSSR count). The van der Waals surface area contributed by atoms with Crippen LogP contribution in [0.1, 0.15) is 31.4 Å². The van der Waals surface area contributed by atoms with E-state index < -0.39 is 5.66 Å². The highest BCUT2D eigenvalue weighted by atomic mass is 16.2. The number of hydrogen-bond acceptors (Lipinski definition) is 3. The van der Waals surface area contributed by atoms with Gasteiger partial charge in [-0.15, -0.1) is 0 Å². The summed E-state index contributed by atoms with van der Waals surface area (Å²) in [7, 11) is 4.08. The van der Waals surface area contributed by atoms with Crippen LogP contribution >= 0.6 is 0 Å². The van der Waals surface area contributed by atoms with Gasteiger partial charge in [0.05, 0.1) is 0 Å². The smallest absolute Gasteiger partial charge is 0.223 e.